The zero-order chi connectivity index (χ0) is 12.4. The van der Waals surface area contributed by atoms with Gasteiger partial charge in [-0.2, -0.15) is 0 Å². The maximum absolute atomic E-state index is 7.37. The molecular weight excluding hydrogens is 208 g/mol. The number of hydrogen-bond acceptors (Lipinski definition) is 1. The van der Waals surface area contributed by atoms with E-state index in [2.05, 4.69) is 32.0 Å². The Bertz CT molecular complexity index is 533. The minimum atomic E-state index is 0.109. The van der Waals surface area contributed by atoms with Gasteiger partial charge in [0.1, 0.15) is 5.84 Å². The van der Waals surface area contributed by atoms with Crippen LogP contribution in [-0.4, -0.2) is 5.84 Å². The fourth-order valence-electron chi connectivity index (χ4n) is 2.09. The Labute approximate surface area is 102 Å². The molecule has 0 aliphatic carbocycles. The highest BCUT2D eigenvalue weighted by atomic mass is 14.7. The summed E-state index contributed by atoms with van der Waals surface area (Å²) in [6, 6.07) is 14.1. The molecule has 0 heterocycles. The second-order valence-corrected chi connectivity index (χ2v) is 4.26. The van der Waals surface area contributed by atoms with Crippen LogP contribution in [-0.2, 0) is 0 Å². The smallest absolute Gasteiger partial charge is 0.122 e. The molecular formula is C15H16N2. The van der Waals surface area contributed by atoms with Crippen molar-refractivity contribution in [3.63, 3.8) is 0 Å². The summed E-state index contributed by atoms with van der Waals surface area (Å²) in [7, 11) is 0. The monoisotopic (exact) mass is 224 g/mol. The van der Waals surface area contributed by atoms with Crippen molar-refractivity contribution in [1.29, 1.82) is 5.41 Å². The van der Waals surface area contributed by atoms with Gasteiger partial charge in [0.25, 0.3) is 0 Å². The summed E-state index contributed by atoms with van der Waals surface area (Å²) in [5.41, 5.74) is 11.2. The summed E-state index contributed by atoms with van der Waals surface area (Å²) in [6.07, 6.45) is 0. The third-order valence-corrected chi connectivity index (χ3v) is 2.97. The SMILES string of the molecule is Cc1cccc(C)c1-c1ccc(C(=N)N)cc1. The molecule has 2 nitrogen and oxygen atoms in total. The molecule has 0 radical (unpaired) electrons. The molecule has 2 rings (SSSR count). The summed E-state index contributed by atoms with van der Waals surface area (Å²) in [4.78, 5) is 0. The molecule has 0 saturated heterocycles. The van der Waals surface area contributed by atoms with Gasteiger partial charge in [-0.15, -0.1) is 0 Å². The summed E-state index contributed by atoms with van der Waals surface area (Å²) in [5.74, 6) is 0.109. The maximum Gasteiger partial charge on any atom is 0.122 e. The normalized spacial score (nSPS) is 10.2. The van der Waals surface area contributed by atoms with Gasteiger partial charge >= 0.3 is 0 Å². The lowest BCUT2D eigenvalue weighted by Gasteiger charge is -2.10. The highest BCUT2D eigenvalue weighted by Crippen LogP contribution is 2.27. The second kappa shape index (κ2) is 4.42. The van der Waals surface area contributed by atoms with Gasteiger partial charge in [0.15, 0.2) is 0 Å². The number of rotatable bonds is 2. The van der Waals surface area contributed by atoms with Crippen LogP contribution in [0.3, 0.4) is 0 Å². The minimum Gasteiger partial charge on any atom is -0.384 e. The van der Waals surface area contributed by atoms with E-state index in [9.17, 15) is 0 Å². The Morgan fingerprint density at radius 3 is 1.94 bits per heavy atom. The zero-order valence-electron chi connectivity index (χ0n) is 10.1. The maximum atomic E-state index is 7.37. The number of nitrogens with one attached hydrogen (secondary N) is 1. The van der Waals surface area contributed by atoms with Crippen LogP contribution in [0.5, 0.6) is 0 Å². The van der Waals surface area contributed by atoms with Crippen LogP contribution in [0.25, 0.3) is 11.1 Å². The van der Waals surface area contributed by atoms with Crippen LogP contribution in [0, 0.1) is 19.3 Å². The van der Waals surface area contributed by atoms with E-state index in [-0.39, 0.29) is 5.84 Å². The van der Waals surface area contributed by atoms with Crippen molar-refractivity contribution in [3.8, 4) is 11.1 Å². The molecule has 0 saturated carbocycles. The lowest BCUT2D eigenvalue weighted by atomic mass is 9.95. The number of nitrogens with two attached hydrogens (primary N) is 1. The van der Waals surface area contributed by atoms with E-state index in [0.717, 1.165) is 5.56 Å². The van der Waals surface area contributed by atoms with E-state index in [1.807, 2.05) is 24.3 Å². The van der Waals surface area contributed by atoms with Gasteiger partial charge in [-0.05, 0) is 36.1 Å². The molecule has 2 aromatic carbocycles. The number of benzene rings is 2. The first-order valence-electron chi connectivity index (χ1n) is 5.60. The van der Waals surface area contributed by atoms with Crippen molar-refractivity contribution in [2.45, 2.75) is 13.8 Å². The standard InChI is InChI=1S/C15H16N2/c1-10-4-3-5-11(2)14(10)12-6-8-13(9-7-12)15(16)17/h3-9H,1-2H3,(H3,16,17). The van der Waals surface area contributed by atoms with Gasteiger partial charge < -0.3 is 5.73 Å². The zero-order valence-corrected chi connectivity index (χ0v) is 10.1. The van der Waals surface area contributed by atoms with Gasteiger partial charge in [0.05, 0.1) is 0 Å². The molecule has 17 heavy (non-hydrogen) atoms. The van der Waals surface area contributed by atoms with Crippen LogP contribution in [0.4, 0.5) is 0 Å². The predicted octanol–water partition coefficient (Wildman–Crippen LogP) is 3.25. The second-order valence-electron chi connectivity index (χ2n) is 4.26. The highest BCUT2D eigenvalue weighted by molar-refractivity contribution is 5.95. The molecule has 2 heteroatoms. The van der Waals surface area contributed by atoms with Crippen molar-refractivity contribution >= 4 is 5.84 Å². The number of hydrogen-bond donors (Lipinski definition) is 2. The summed E-state index contributed by atoms with van der Waals surface area (Å²) < 4.78 is 0. The summed E-state index contributed by atoms with van der Waals surface area (Å²) in [6.45, 7) is 4.22. The predicted molar refractivity (Wildman–Crippen MR) is 72.4 cm³/mol. The third kappa shape index (κ3) is 2.21. The first kappa shape index (κ1) is 11.4. The van der Waals surface area contributed by atoms with Crippen LogP contribution < -0.4 is 5.73 Å². The Kier molecular flexibility index (Phi) is 2.96. The van der Waals surface area contributed by atoms with Gasteiger partial charge in [0.2, 0.25) is 0 Å². The van der Waals surface area contributed by atoms with Gasteiger partial charge in [0, 0.05) is 5.56 Å². The molecule has 86 valence electrons. The Morgan fingerprint density at radius 2 is 1.47 bits per heavy atom. The van der Waals surface area contributed by atoms with Crippen LogP contribution in [0.2, 0.25) is 0 Å². The molecule has 2 aromatic rings. The van der Waals surface area contributed by atoms with Crippen molar-refractivity contribution in [2.24, 2.45) is 5.73 Å². The van der Waals surface area contributed by atoms with Gasteiger partial charge in [-0.3, -0.25) is 5.41 Å². The molecule has 0 bridgehead atoms. The summed E-state index contributed by atoms with van der Waals surface area (Å²) in [5, 5.41) is 7.37. The first-order valence-corrected chi connectivity index (χ1v) is 5.60. The van der Waals surface area contributed by atoms with Crippen molar-refractivity contribution in [3.05, 3.63) is 59.2 Å². The quantitative estimate of drug-likeness (QED) is 0.597. The molecule has 0 fully saturated rings. The van der Waals surface area contributed by atoms with Gasteiger partial charge in [-0.25, -0.2) is 0 Å². The average Bonchev–Trinajstić information content (AvgIpc) is 2.29. The summed E-state index contributed by atoms with van der Waals surface area (Å²) >= 11 is 0. The van der Waals surface area contributed by atoms with E-state index >= 15 is 0 Å². The molecule has 0 atom stereocenters. The van der Waals surface area contributed by atoms with Crippen molar-refractivity contribution in [2.75, 3.05) is 0 Å². The van der Waals surface area contributed by atoms with E-state index in [1.54, 1.807) is 0 Å². The fourth-order valence-corrected chi connectivity index (χ4v) is 2.09. The van der Waals surface area contributed by atoms with Crippen LogP contribution in [0.1, 0.15) is 16.7 Å². The first-order chi connectivity index (χ1) is 8.09. The van der Waals surface area contributed by atoms with Crippen molar-refractivity contribution in [1.82, 2.24) is 0 Å². The Morgan fingerprint density at radius 1 is 0.941 bits per heavy atom. The average molecular weight is 224 g/mol. The number of amidine groups is 1. The van der Waals surface area contributed by atoms with Crippen LogP contribution >= 0.6 is 0 Å². The molecule has 0 aliphatic heterocycles. The molecule has 0 aliphatic rings. The molecule has 0 spiro atoms. The molecule has 0 unspecified atom stereocenters. The molecule has 0 amide bonds. The Hall–Kier alpha value is -2.09. The van der Waals surface area contributed by atoms with E-state index in [0.29, 0.717) is 0 Å². The van der Waals surface area contributed by atoms with E-state index < -0.39 is 0 Å². The topological polar surface area (TPSA) is 49.9 Å². The van der Waals surface area contributed by atoms with Gasteiger partial charge in [-0.1, -0.05) is 42.5 Å². The molecule has 0 aromatic heterocycles. The lowest BCUT2D eigenvalue weighted by molar-refractivity contribution is 1.37. The largest absolute Gasteiger partial charge is 0.384 e. The van der Waals surface area contributed by atoms with Crippen molar-refractivity contribution < 1.29 is 0 Å². The third-order valence-electron chi connectivity index (χ3n) is 2.97. The number of aryl methyl sites for hydroxylation is 2. The Balaban J connectivity index is 2.50. The highest BCUT2D eigenvalue weighted by Gasteiger charge is 2.05. The van der Waals surface area contributed by atoms with Crippen LogP contribution in [0.15, 0.2) is 42.5 Å². The minimum absolute atomic E-state index is 0.109. The van der Waals surface area contributed by atoms with E-state index in [1.165, 1.54) is 22.3 Å². The lowest BCUT2D eigenvalue weighted by Crippen LogP contribution is -2.10. The van der Waals surface area contributed by atoms with E-state index in [4.69, 9.17) is 11.1 Å². The molecule has 3 N–H and O–H groups in total. The number of nitrogen functional groups attached to an aromatic ring is 1. The fraction of sp³-hybridized carbons (Fsp3) is 0.133.